The highest BCUT2D eigenvalue weighted by molar-refractivity contribution is 6.33. The van der Waals surface area contributed by atoms with Crippen LogP contribution in [0.5, 0.6) is 5.75 Å². The van der Waals surface area contributed by atoms with Gasteiger partial charge in [-0.3, -0.25) is 0 Å². The summed E-state index contributed by atoms with van der Waals surface area (Å²) < 4.78 is 5.17. The molecule has 1 N–H and O–H groups in total. The van der Waals surface area contributed by atoms with Gasteiger partial charge in [0.2, 0.25) is 0 Å². The van der Waals surface area contributed by atoms with E-state index in [2.05, 4.69) is 17.5 Å². The number of ether oxygens (including phenoxy) is 1. The van der Waals surface area contributed by atoms with Gasteiger partial charge in [-0.1, -0.05) is 17.7 Å². The predicted molar refractivity (Wildman–Crippen MR) is 81.2 cm³/mol. The first-order valence-corrected chi connectivity index (χ1v) is 6.56. The minimum atomic E-state index is 0.491. The average Bonchev–Trinajstić information content (AvgIpc) is 2.53. The van der Waals surface area contributed by atoms with Gasteiger partial charge in [-0.15, -0.1) is 0 Å². The maximum Gasteiger partial charge on any atom is 0.136 e. The summed E-state index contributed by atoms with van der Waals surface area (Å²) in [5, 5.41) is 21.6. The van der Waals surface area contributed by atoms with Crippen molar-refractivity contribution in [2.45, 2.75) is 6.54 Å². The number of anilines is 1. The molecule has 0 fully saturated rings. The minimum absolute atomic E-state index is 0.491. The van der Waals surface area contributed by atoms with Crippen LogP contribution in [0.4, 0.5) is 5.69 Å². The van der Waals surface area contributed by atoms with E-state index in [4.69, 9.17) is 26.9 Å². The normalized spacial score (nSPS) is 9.52. The molecule has 0 saturated carbocycles. The molecule has 0 heterocycles. The molecule has 21 heavy (non-hydrogen) atoms. The van der Waals surface area contributed by atoms with Gasteiger partial charge >= 0.3 is 0 Å². The molecule has 0 spiro atoms. The van der Waals surface area contributed by atoms with Gasteiger partial charge in [-0.25, -0.2) is 0 Å². The van der Waals surface area contributed by atoms with Crippen molar-refractivity contribution in [1.29, 1.82) is 10.5 Å². The van der Waals surface area contributed by atoms with E-state index in [1.54, 1.807) is 30.3 Å². The van der Waals surface area contributed by atoms with E-state index in [1.165, 1.54) is 7.11 Å². The van der Waals surface area contributed by atoms with Crippen molar-refractivity contribution in [2.24, 2.45) is 0 Å². The summed E-state index contributed by atoms with van der Waals surface area (Å²) in [5.74, 6) is 0.536. The molecule has 0 bridgehead atoms. The van der Waals surface area contributed by atoms with Crippen LogP contribution in [0.1, 0.15) is 16.7 Å². The number of benzene rings is 2. The number of nitrogens with zero attached hydrogens (tertiary/aromatic N) is 2. The van der Waals surface area contributed by atoms with Gasteiger partial charge in [-0.05, 0) is 35.9 Å². The van der Waals surface area contributed by atoms with Crippen LogP contribution in [0.15, 0.2) is 36.4 Å². The van der Waals surface area contributed by atoms with E-state index in [1.807, 2.05) is 6.07 Å². The Labute approximate surface area is 128 Å². The summed E-state index contributed by atoms with van der Waals surface area (Å²) in [6.45, 7) is 0.511. The van der Waals surface area contributed by atoms with Gasteiger partial charge in [0, 0.05) is 6.54 Å². The topological polar surface area (TPSA) is 68.8 Å². The number of hydrogen-bond donors (Lipinski definition) is 1. The molecule has 2 aromatic rings. The van der Waals surface area contributed by atoms with Crippen LogP contribution in [-0.4, -0.2) is 7.11 Å². The predicted octanol–water partition coefficient (Wildman–Crippen LogP) is 3.70. The van der Waals surface area contributed by atoms with Gasteiger partial charge in [0.05, 0.1) is 35.0 Å². The fourth-order valence-electron chi connectivity index (χ4n) is 1.87. The lowest BCUT2D eigenvalue weighted by atomic mass is 10.1. The molecule has 0 aliphatic heterocycles. The van der Waals surface area contributed by atoms with E-state index >= 15 is 0 Å². The summed E-state index contributed by atoms with van der Waals surface area (Å²) in [7, 11) is 1.53. The highest BCUT2D eigenvalue weighted by Gasteiger charge is 2.05. The lowest BCUT2D eigenvalue weighted by Gasteiger charge is -2.10. The van der Waals surface area contributed by atoms with Crippen molar-refractivity contribution in [3.05, 3.63) is 58.1 Å². The first-order chi connectivity index (χ1) is 10.2. The minimum Gasteiger partial charge on any atom is -0.495 e. The Morgan fingerprint density at radius 3 is 2.62 bits per heavy atom. The first kappa shape index (κ1) is 14.7. The Morgan fingerprint density at radius 2 is 1.95 bits per heavy atom. The lowest BCUT2D eigenvalue weighted by Crippen LogP contribution is -2.01. The van der Waals surface area contributed by atoms with E-state index in [-0.39, 0.29) is 0 Å². The van der Waals surface area contributed by atoms with Crippen LogP contribution >= 0.6 is 11.6 Å². The van der Waals surface area contributed by atoms with Gasteiger partial charge in [0.15, 0.2) is 0 Å². The standard InChI is InChI=1S/C16H12ClN3O/c1-21-16-7-12(2-4-13(16)9-19)10-20-15-6-11(8-18)3-5-14(15)17/h2-7,20H,10H2,1H3. The van der Waals surface area contributed by atoms with Crippen molar-refractivity contribution < 1.29 is 4.74 Å². The van der Waals surface area contributed by atoms with Crippen molar-refractivity contribution in [2.75, 3.05) is 12.4 Å². The molecule has 0 unspecified atom stereocenters. The highest BCUT2D eigenvalue weighted by Crippen LogP contribution is 2.24. The number of rotatable bonds is 4. The molecular formula is C16H12ClN3O. The van der Waals surface area contributed by atoms with Crippen molar-refractivity contribution in [3.8, 4) is 17.9 Å². The maximum atomic E-state index is 8.95. The summed E-state index contributed by atoms with van der Waals surface area (Å²) in [6, 6.07) is 14.5. The van der Waals surface area contributed by atoms with Crippen LogP contribution in [0, 0.1) is 22.7 Å². The van der Waals surface area contributed by atoms with Crippen molar-refractivity contribution in [3.63, 3.8) is 0 Å². The zero-order chi connectivity index (χ0) is 15.2. The second-order valence-corrected chi connectivity index (χ2v) is 4.71. The molecule has 0 aliphatic rings. The van der Waals surface area contributed by atoms with Crippen LogP contribution in [-0.2, 0) is 6.54 Å². The molecule has 0 saturated heterocycles. The molecular weight excluding hydrogens is 286 g/mol. The van der Waals surface area contributed by atoms with Crippen LogP contribution < -0.4 is 10.1 Å². The second-order valence-electron chi connectivity index (χ2n) is 4.31. The highest BCUT2D eigenvalue weighted by atomic mass is 35.5. The van der Waals surface area contributed by atoms with Gasteiger partial charge < -0.3 is 10.1 Å². The molecule has 104 valence electrons. The fourth-order valence-corrected chi connectivity index (χ4v) is 2.05. The number of methoxy groups -OCH3 is 1. The molecule has 0 aromatic heterocycles. The summed E-state index contributed by atoms with van der Waals surface area (Å²) in [5.41, 5.74) is 2.67. The smallest absolute Gasteiger partial charge is 0.136 e. The van der Waals surface area contributed by atoms with Crippen LogP contribution in [0.25, 0.3) is 0 Å². The second kappa shape index (κ2) is 6.65. The van der Waals surface area contributed by atoms with Crippen LogP contribution in [0.2, 0.25) is 5.02 Å². The first-order valence-electron chi connectivity index (χ1n) is 6.18. The molecule has 0 aliphatic carbocycles. The van der Waals surface area contributed by atoms with Crippen LogP contribution in [0.3, 0.4) is 0 Å². The van der Waals surface area contributed by atoms with Crippen molar-refractivity contribution >= 4 is 17.3 Å². The number of nitriles is 2. The number of hydrogen-bond acceptors (Lipinski definition) is 4. The summed E-state index contributed by atoms with van der Waals surface area (Å²) in [6.07, 6.45) is 0. The quantitative estimate of drug-likeness (QED) is 0.934. The zero-order valence-electron chi connectivity index (χ0n) is 11.4. The molecule has 4 nitrogen and oxygen atoms in total. The zero-order valence-corrected chi connectivity index (χ0v) is 12.1. The molecule has 0 radical (unpaired) electrons. The van der Waals surface area contributed by atoms with Gasteiger partial charge in [0.25, 0.3) is 0 Å². The van der Waals surface area contributed by atoms with E-state index in [0.29, 0.717) is 34.1 Å². The lowest BCUT2D eigenvalue weighted by molar-refractivity contribution is 0.413. The molecule has 2 aromatic carbocycles. The average molecular weight is 298 g/mol. The Kier molecular flexibility index (Phi) is 4.66. The third-order valence-corrected chi connectivity index (χ3v) is 3.29. The Hall–Kier alpha value is -2.69. The van der Waals surface area contributed by atoms with Gasteiger partial charge in [0.1, 0.15) is 11.8 Å². The van der Waals surface area contributed by atoms with Crippen molar-refractivity contribution in [1.82, 2.24) is 0 Å². The van der Waals surface area contributed by atoms with E-state index in [0.717, 1.165) is 5.56 Å². The Bertz CT molecular complexity index is 744. The van der Waals surface area contributed by atoms with Gasteiger partial charge in [-0.2, -0.15) is 10.5 Å². The Morgan fingerprint density at radius 1 is 1.14 bits per heavy atom. The monoisotopic (exact) mass is 297 g/mol. The van der Waals surface area contributed by atoms with E-state index in [9.17, 15) is 0 Å². The SMILES string of the molecule is COc1cc(CNc2cc(C#N)ccc2Cl)ccc1C#N. The number of nitrogens with one attached hydrogen (secondary N) is 1. The maximum absolute atomic E-state index is 8.95. The fraction of sp³-hybridized carbons (Fsp3) is 0.125. The summed E-state index contributed by atoms with van der Waals surface area (Å²) >= 11 is 6.09. The van der Waals surface area contributed by atoms with E-state index < -0.39 is 0 Å². The molecule has 0 atom stereocenters. The Balaban J connectivity index is 2.17. The molecule has 5 heteroatoms. The molecule has 2 rings (SSSR count). The summed E-state index contributed by atoms with van der Waals surface area (Å²) in [4.78, 5) is 0. The molecule has 0 amide bonds. The third kappa shape index (κ3) is 3.45. The number of halogens is 1. The largest absolute Gasteiger partial charge is 0.495 e. The third-order valence-electron chi connectivity index (χ3n) is 2.96.